The Hall–Kier alpha value is -5.12. The number of carbonyl (C=O) groups excluding carboxylic acids is 1. The molecule has 0 atom stereocenters. The Morgan fingerprint density at radius 1 is 0.907 bits per heavy atom. The first-order valence-corrected chi connectivity index (χ1v) is 19.0. The van der Waals surface area contributed by atoms with Gasteiger partial charge in [0.15, 0.2) is 0 Å². The van der Waals surface area contributed by atoms with E-state index in [-0.39, 0.29) is 28.9 Å². The molecule has 2 aromatic heterocycles. The molecule has 0 radical (unpaired) electrons. The SMILES string of the molecule is CC1(C)C(NC(=O)c2ccc(N3CCN(CC4CCN(c5cncc(-n6ccc(=O)[nH]c6=O)c5)CC4)CC3)cc2)C(C)(C)C1Oc1ccc(C#N)c(Cl)c1. The number of anilines is 2. The number of nitrogens with one attached hydrogen (secondary N) is 2. The van der Waals surface area contributed by atoms with E-state index in [0.29, 0.717) is 33.5 Å². The minimum atomic E-state index is -0.479. The third-order valence-electron chi connectivity index (χ3n) is 11.6. The highest BCUT2D eigenvalue weighted by atomic mass is 35.5. The van der Waals surface area contributed by atoms with Crippen molar-refractivity contribution in [2.45, 2.75) is 52.7 Å². The number of benzene rings is 2. The Morgan fingerprint density at radius 2 is 1.57 bits per heavy atom. The quantitative estimate of drug-likeness (QED) is 0.239. The van der Waals surface area contributed by atoms with E-state index < -0.39 is 11.2 Å². The number of carbonyl (C=O) groups is 1. The van der Waals surface area contributed by atoms with Gasteiger partial charge in [-0.25, -0.2) is 4.79 Å². The van der Waals surface area contributed by atoms with Crippen LogP contribution >= 0.6 is 11.6 Å². The molecular weight excluding hydrogens is 704 g/mol. The molecule has 282 valence electrons. The van der Waals surface area contributed by atoms with Crippen LogP contribution in [0.5, 0.6) is 5.75 Å². The number of piperazine rings is 1. The standard InChI is InChI=1S/C41H47ClN8O4/c1-40(2)37(41(3,4)38(40)54-33-10-7-29(23-43)34(42)22-33)46-36(52)28-5-8-30(9-6-28)49-19-17-47(18-20-49)26-27-11-14-48(15-12-27)31-21-32(25-44-24-31)50-16-13-35(51)45-39(50)53/h5-10,13,16,21-22,24-25,27,37-38H,11-12,14-15,17-20,26H2,1-4H3,(H,46,52)(H,45,51,53). The zero-order valence-corrected chi connectivity index (χ0v) is 32.0. The van der Waals surface area contributed by atoms with Crippen molar-refractivity contribution in [2.75, 3.05) is 55.6 Å². The van der Waals surface area contributed by atoms with Crippen LogP contribution in [0.3, 0.4) is 0 Å². The molecule has 0 bridgehead atoms. The highest BCUT2D eigenvalue weighted by Crippen LogP contribution is 2.55. The fourth-order valence-corrected chi connectivity index (χ4v) is 9.12. The van der Waals surface area contributed by atoms with Crippen molar-refractivity contribution in [3.63, 3.8) is 0 Å². The van der Waals surface area contributed by atoms with Crippen molar-refractivity contribution in [2.24, 2.45) is 16.7 Å². The maximum absolute atomic E-state index is 13.5. The molecule has 7 rings (SSSR count). The van der Waals surface area contributed by atoms with Crippen molar-refractivity contribution in [1.82, 2.24) is 24.8 Å². The molecule has 1 amide bonds. The van der Waals surface area contributed by atoms with Gasteiger partial charge in [-0.3, -0.25) is 29.0 Å². The van der Waals surface area contributed by atoms with Crippen LogP contribution < -0.4 is 31.1 Å². The predicted octanol–water partition coefficient (Wildman–Crippen LogP) is 5.10. The lowest BCUT2D eigenvalue weighted by Crippen LogP contribution is -2.74. The van der Waals surface area contributed by atoms with Gasteiger partial charge >= 0.3 is 5.69 Å². The summed E-state index contributed by atoms with van der Waals surface area (Å²) >= 11 is 6.25. The number of pyridine rings is 1. The van der Waals surface area contributed by atoms with Crippen molar-refractivity contribution in [3.05, 3.63) is 110 Å². The number of hydrogen-bond donors (Lipinski definition) is 2. The molecule has 1 aliphatic carbocycles. The number of piperidine rings is 1. The topological polar surface area (TPSA) is 140 Å². The fraction of sp³-hybridized carbons (Fsp3) is 0.439. The van der Waals surface area contributed by atoms with Gasteiger partial charge in [0, 0.05) is 92.3 Å². The molecule has 2 saturated heterocycles. The highest BCUT2D eigenvalue weighted by Gasteiger charge is 2.64. The molecule has 54 heavy (non-hydrogen) atoms. The molecule has 2 N–H and O–H groups in total. The second kappa shape index (κ2) is 15.0. The van der Waals surface area contributed by atoms with E-state index in [1.165, 1.54) is 16.8 Å². The van der Waals surface area contributed by atoms with Crippen LogP contribution in [0, 0.1) is 28.1 Å². The third kappa shape index (κ3) is 7.48. The van der Waals surface area contributed by atoms with E-state index in [1.807, 2.05) is 24.4 Å². The van der Waals surface area contributed by atoms with Gasteiger partial charge in [-0.1, -0.05) is 39.3 Å². The first kappa shape index (κ1) is 37.2. The minimum absolute atomic E-state index is 0.100. The van der Waals surface area contributed by atoms with Crippen LogP contribution in [-0.4, -0.2) is 83.3 Å². The maximum atomic E-state index is 13.5. The van der Waals surface area contributed by atoms with E-state index in [9.17, 15) is 19.6 Å². The summed E-state index contributed by atoms with van der Waals surface area (Å²) in [6.07, 6.45) is 6.94. The second-order valence-corrected chi connectivity index (χ2v) is 16.4. The Balaban J connectivity index is 0.869. The first-order chi connectivity index (χ1) is 25.8. The number of halogens is 1. The summed E-state index contributed by atoms with van der Waals surface area (Å²) < 4.78 is 7.78. The molecule has 3 aliphatic rings. The van der Waals surface area contributed by atoms with Gasteiger partial charge in [-0.2, -0.15) is 5.26 Å². The number of ether oxygens (including phenoxy) is 1. The van der Waals surface area contributed by atoms with E-state index in [2.05, 4.69) is 75.9 Å². The van der Waals surface area contributed by atoms with E-state index >= 15 is 0 Å². The average molecular weight is 751 g/mol. The van der Waals surface area contributed by atoms with Gasteiger partial charge in [0.1, 0.15) is 17.9 Å². The summed E-state index contributed by atoms with van der Waals surface area (Å²) in [5, 5.41) is 12.9. The van der Waals surface area contributed by atoms with Crippen LogP contribution in [0.15, 0.2) is 82.8 Å². The zero-order chi connectivity index (χ0) is 38.2. The second-order valence-electron chi connectivity index (χ2n) is 15.9. The largest absolute Gasteiger partial charge is 0.489 e. The molecule has 1 saturated carbocycles. The number of hydrogen-bond acceptors (Lipinski definition) is 9. The van der Waals surface area contributed by atoms with Gasteiger partial charge in [0.2, 0.25) is 0 Å². The van der Waals surface area contributed by atoms with Crippen molar-refractivity contribution < 1.29 is 9.53 Å². The van der Waals surface area contributed by atoms with E-state index in [4.69, 9.17) is 16.3 Å². The minimum Gasteiger partial charge on any atom is -0.489 e. The Kier molecular flexibility index (Phi) is 10.3. The van der Waals surface area contributed by atoms with Gasteiger partial charge in [0.25, 0.3) is 11.5 Å². The van der Waals surface area contributed by atoms with Gasteiger partial charge in [-0.15, -0.1) is 0 Å². The number of amides is 1. The number of aromatic nitrogens is 3. The lowest BCUT2D eigenvalue weighted by Gasteiger charge is -2.63. The predicted molar refractivity (Wildman–Crippen MR) is 210 cm³/mol. The van der Waals surface area contributed by atoms with Crippen molar-refractivity contribution in [1.29, 1.82) is 5.26 Å². The van der Waals surface area contributed by atoms with Crippen LogP contribution in [-0.2, 0) is 0 Å². The van der Waals surface area contributed by atoms with Crippen molar-refractivity contribution >= 4 is 28.9 Å². The Labute approximate surface area is 320 Å². The molecule has 13 heteroatoms. The summed E-state index contributed by atoms with van der Waals surface area (Å²) in [5.74, 6) is 1.12. The van der Waals surface area contributed by atoms with Crippen LogP contribution in [0.4, 0.5) is 11.4 Å². The lowest BCUT2D eigenvalue weighted by molar-refractivity contribution is -0.164. The number of nitriles is 1. The molecule has 4 aromatic rings. The molecule has 0 unspecified atom stereocenters. The molecule has 4 heterocycles. The monoisotopic (exact) mass is 750 g/mol. The van der Waals surface area contributed by atoms with Crippen LogP contribution in [0.25, 0.3) is 5.69 Å². The summed E-state index contributed by atoms with van der Waals surface area (Å²) in [5.41, 5.74) is 2.19. The molecule has 3 fully saturated rings. The van der Waals surface area contributed by atoms with Crippen molar-refractivity contribution in [3.8, 4) is 17.5 Å². The lowest BCUT2D eigenvalue weighted by atomic mass is 9.49. The van der Waals surface area contributed by atoms with Crippen LogP contribution in [0.2, 0.25) is 5.02 Å². The molecule has 2 aliphatic heterocycles. The molecule has 2 aromatic carbocycles. The van der Waals surface area contributed by atoms with E-state index in [0.717, 1.165) is 70.0 Å². The fourth-order valence-electron chi connectivity index (χ4n) is 8.90. The average Bonchev–Trinajstić information content (AvgIpc) is 3.16. The number of rotatable bonds is 9. The summed E-state index contributed by atoms with van der Waals surface area (Å²) in [7, 11) is 0. The zero-order valence-electron chi connectivity index (χ0n) is 31.2. The Bertz CT molecular complexity index is 2140. The number of H-pyrrole nitrogens is 1. The third-order valence-corrected chi connectivity index (χ3v) is 11.9. The smallest absolute Gasteiger partial charge is 0.332 e. The molecule has 12 nitrogen and oxygen atoms in total. The molecule has 0 spiro atoms. The highest BCUT2D eigenvalue weighted by molar-refractivity contribution is 6.31. The van der Waals surface area contributed by atoms with Crippen LogP contribution in [0.1, 0.15) is 56.5 Å². The first-order valence-electron chi connectivity index (χ1n) is 18.6. The summed E-state index contributed by atoms with van der Waals surface area (Å²) in [6, 6.07) is 18.3. The van der Waals surface area contributed by atoms with Gasteiger partial charge < -0.3 is 19.9 Å². The maximum Gasteiger partial charge on any atom is 0.332 e. The van der Waals surface area contributed by atoms with Gasteiger partial charge in [0.05, 0.1) is 34.4 Å². The number of aromatic amines is 1. The van der Waals surface area contributed by atoms with Gasteiger partial charge in [-0.05, 0) is 61.2 Å². The van der Waals surface area contributed by atoms with E-state index in [1.54, 1.807) is 24.4 Å². The summed E-state index contributed by atoms with van der Waals surface area (Å²) in [4.78, 5) is 51.2. The summed E-state index contributed by atoms with van der Waals surface area (Å²) in [6.45, 7) is 15.2. The molecular formula is C41H47ClN8O4. The Morgan fingerprint density at radius 3 is 2.22 bits per heavy atom. The number of nitrogens with zero attached hydrogens (tertiary/aromatic N) is 6. The normalized spacial score (nSPS) is 21.2.